The number of anilines is 3. The third-order valence-electron chi connectivity index (χ3n) is 5.93. The Hall–Kier alpha value is -5.07. The van der Waals surface area contributed by atoms with E-state index in [4.69, 9.17) is 0 Å². The molecule has 0 bridgehead atoms. The summed E-state index contributed by atoms with van der Waals surface area (Å²) in [6.07, 6.45) is -0.535. The quantitative estimate of drug-likeness (QED) is 0.218. The van der Waals surface area contributed by atoms with E-state index >= 15 is 0 Å². The molecule has 0 aliphatic rings. The highest BCUT2D eigenvalue weighted by atomic mass is 19.4. The van der Waals surface area contributed by atoms with E-state index in [2.05, 4.69) is 36.0 Å². The van der Waals surface area contributed by atoms with Crippen molar-refractivity contribution >= 4 is 34.4 Å². The fourth-order valence-corrected chi connectivity index (χ4v) is 3.98. The first-order chi connectivity index (χ1) is 19.2. The van der Waals surface area contributed by atoms with Gasteiger partial charge in [-0.1, -0.05) is 18.2 Å². The van der Waals surface area contributed by atoms with E-state index in [9.17, 15) is 22.4 Å². The lowest BCUT2D eigenvalue weighted by atomic mass is 10.1. The summed E-state index contributed by atoms with van der Waals surface area (Å²) >= 11 is 0. The van der Waals surface area contributed by atoms with Crippen LogP contribution in [-0.4, -0.2) is 37.3 Å². The van der Waals surface area contributed by atoms with Crippen molar-refractivity contribution in [3.8, 4) is 11.3 Å². The maximum atomic E-state index is 13.9. The van der Waals surface area contributed by atoms with Crippen molar-refractivity contribution in [3.63, 3.8) is 0 Å². The highest BCUT2D eigenvalue weighted by Gasteiger charge is 2.31. The third-order valence-corrected chi connectivity index (χ3v) is 5.93. The van der Waals surface area contributed by atoms with Crippen LogP contribution >= 0.6 is 0 Å². The monoisotopic (exact) mass is 550 g/mol. The average molecular weight is 551 g/mol. The molecular formula is C27H22F4N8O. The zero-order valence-electron chi connectivity index (χ0n) is 21.0. The number of fused-ring (bicyclic) bond motifs is 1. The van der Waals surface area contributed by atoms with Gasteiger partial charge in [-0.25, -0.2) is 18.9 Å². The van der Waals surface area contributed by atoms with Crippen LogP contribution in [-0.2, 0) is 19.6 Å². The van der Waals surface area contributed by atoms with Crippen molar-refractivity contribution in [1.29, 1.82) is 0 Å². The van der Waals surface area contributed by atoms with Gasteiger partial charge in [0.25, 0.3) is 0 Å². The predicted octanol–water partition coefficient (Wildman–Crippen LogP) is 5.88. The molecule has 3 heterocycles. The lowest BCUT2D eigenvalue weighted by molar-refractivity contribution is -0.137. The zero-order valence-corrected chi connectivity index (χ0v) is 21.0. The van der Waals surface area contributed by atoms with E-state index in [0.717, 1.165) is 16.6 Å². The summed E-state index contributed by atoms with van der Waals surface area (Å²) < 4.78 is 54.3. The highest BCUT2D eigenvalue weighted by molar-refractivity contribution is 6.00. The fourth-order valence-electron chi connectivity index (χ4n) is 3.98. The Bertz CT molecular complexity index is 1650. The number of nitrogens with zero attached hydrogens (tertiary/aromatic N) is 5. The van der Waals surface area contributed by atoms with Crippen LogP contribution in [0.25, 0.3) is 22.3 Å². The minimum atomic E-state index is -4.67. The molecule has 0 radical (unpaired) electrons. The number of hydrogen-bond donors (Lipinski definition) is 3. The van der Waals surface area contributed by atoms with Crippen molar-refractivity contribution in [3.05, 3.63) is 90.1 Å². The number of pyridine rings is 1. The van der Waals surface area contributed by atoms with Gasteiger partial charge in [0.05, 0.1) is 16.6 Å². The number of urea groups is 1. The van der Waals surface area contributed by atoms with Gasteiger partial charge in [0.1, 0.15) is 11.5 Å². The van der Waals surface area contributed by atoms with E-state index in [1.807, 2.05) is 18.2 Å². The Kier molecular flexibility index (Phi) is 7.27. The maximum absolute atomic E-state index is 13.9. The van der Waals surface area contributed by atoms with Crippen molar-refractivity contribution < 1.29 is 22.4 Å². The molecule has 3 N–H and O–H groups in total. The van der Waals surface area contributed by atoms with Crippen LogP contribution in [0.15, 0.2) is 73.1 Å². The predicted molar refractivity (Wildman–Crippen MR) is 142 cm³/mol. The lowest BCUT2D eigenvalue weighted by Crippen LogP contribution is -2.20. The molecule has 0 saturated carbocycles. The van der Waals surface area contributed by atoms with Crippen LogP contribution in [0.1, 0.15) is 11.3 Å². The molecule has 204 valence electrons. The molecular weight excluding hydrogens is 528 g/mol. The largest absolute Gasteiger partial charge is 0.416 e. The van der Waals surface area contributed by atoms with Crippen LogP contribution in [0, 0.1) is 5.82 Å². The number of hydrogen-bond acceptors (Lipinski definition) is 6. The third kappa shape index (κ3) is 5.98. The summed E-state index contributed by atoms with van der Waals surface area (Å²) in [4.78, 5) is 25.6. The van der Waals surface area contributed by atoms with Crippen LogP contribution in [0.4, 0.5) is 39.7 Å². The molecule has 0 saturated heterocycles. The summed E-state index contributed by atoms with van der Waals surface area (Å²) in [6.45, 7) is 0.607. The molecule has 5 aromatic rings. The molecule has 0 unspecified atom stereocenters. The van der Waals surface area contributed by atoms with Gasteiger partial charge in [0, 0.05) is 49.4 Å². The smallest absolute Gasteiger partial charge is 0.354 e. The fraction of sp³-hybridized carbons (Fsp3) is 0.148. The molecule has 0 spiro atoms. The number of carbonyl (C=O) groups is 1. The SMILES string of the molecule is Cn1nc(-c2ccc(NC(=O)Nc3cc(C(F)(F)F)ccc3F)cc2)c2cnc(NCCc3ccccn3)nc21. The number of benzene rings is 2. The lowest BCUT2D eigenvalue weighted by Gasteiger charge is -2.12. The Morgan fingerprint density at radius 2 is 1.80 bits per heavy atom. The van der Waals surface area contributed by atoms with Gasteiger partial charge in [-0.05, 0) is 42.5 Å². The second-order valence-electron chi connectivity index (χ2n) is 8.75. The molecule has 13 heteroatoms. The Morgan fingerprint density at radius 3 is 2.52 bits per heavy atom. The van der Waals surface area contributed by atoms with Gasteiger partial charge in [-0.15, -0.1) is 0 Å². The van der Waals surface area contributed by atoms with Gasteiger partial charge in [0.2, 0.25) is 5.95 Å². The Balaban J connectivity index is 1.25. The number of halogens is 4. The Labute approximate surface area is 225 Å². The van der Waals surface area contributed by atoms with Crippen molar-refractivity contribution in [2.24, 2.45) is 7.05 Å². The summed E-state index contributed by atoms with van der Waals surface area (Å²) in [5.41, 5.74) is 1.60. The molecule has 2 aromatic carbocycles. The number of aromatic nitrogens is 5. The van der Waals surface area contributed by atoms with Crippen molar-refractivity contribution in [1.82, 2.24) is 24.7 Å². The first-order valence-corrected chi connectivity index (χ1v) is 12.1. The molecule has 0 aliphatic heterocycles. The van der Waals surface area contributed by atoms with Gasteiger partial charge >= 0.3 is 12.2 Å². The molecule has 3 aromatic heterocycles. The summed E-state index contributed by atoms with van der Waals surface area (Å²) in [5.74, 6) is -0.532. The number of nitrogens with one attached hydrogen (secondary N) is 3. The summed E-state index contributed by atoms with van der Waals surface area (Å²) in [6, 6.07) is 13.2. The topological polar surface area (TPSA) is 110 Å². The van der Waals surface area contributed by atoms with Gasteiger partial charge in [0.15, 0.2) is 5.65 Å². The summed E-state index contributed by atoms with van der Waals surface area (Å²) in [7, 11) is 1.77. The van der Waals surface area contributed by atoms with Gasteiger partial charge < -0.3 is 16.0 Å². The number of aryl methyl sites for hydroxylation is 1. The molecule has 40 heavy (non-hydrogen) atoms. The first-order valence-electron chi connectivity index (χ1n) is 12.1. The van der Waals surface area contributed by atoms with Crippen molar-refractivity contribution in [2.45, 2.75) is 12.6 Å². The van der Waals surface area contributed by atoms with Gasteiger partial charge in [-0.2, -0.15) is 23.3 Å². The highest BCUT2D eigenvalue weighted by Crippen LogP contribution is 2.32. The summed E-state index contributed by atoms with van der Waals surface area (Å²) in [5, 5.41) is 13.0. The molecule has 0 aliphatic carbocycles. The number of alkyl halides is 3. The number of rotatable bonds is 7. The van der Waals surface area contributed by atoms with E-state index < -0.39 is 29.3 Å². The van der Waals surface area contributed by atoms with Crippen LogP contribution in [0.5, 0.6) is 0 Å². The number of amides is 2. The Morgan fingerprint density at radius 1 is 1.00 bits per heavy atom. The second-order valence-corrected chi connectivity index (χ2v) is 8.75. The average Bonchev–Trinajstić information content (AvgIpc) is 3.26. The van der Waals surface area contributed by atoms with E-state index in [-0.39, 0.29) is 0 Å². The van der Waals surface area contributed by atoms with Crippen LogP contribution < -0.4 is 16.0 Å². The van der Waals surface area contributed by atoms with Crippen LogP contribution in [0.2, 0.25) is 0 Å². The molecule has 0 fully saturated rings. The minimum absolute atomic E-state index is 0.338. The molecule has 0 atom stereocenters. The van der Waals surface area contributed by atoms with Gasteiger partial charge in [-0.3, -0.25) is 4.98 Å². The molecule has 5 rings (SSSR count). The van der Waals surface area contributed by atoms with E-state index in [1.54, 1.807) is 48.4 Å². The standard InChI is InChI=1S/C27H22F4N8O/c1-39-24-20(15-34-25(37-24)33-13-11-18-4-2-3-12-32-18)23(38-39)16-5-8-19(9-6-16)35-26(40)36-22-14-17(27(29,30)31)7-10-21(22)28/h2-10,12,14-15H,11,13H2,1H3,(H,33,34,37)(H2,35,36,40). The van der Waals surface area contributed by atoms with E-state index in [0.29, 0.717) is 54.1 Å². The normalized spacial score (nSPS) is 11.4. The molecule has 9 nitrogen and oxygen atoms in total. The van der Waals surface area contributed by atoms with Crippen molar-refractivity contribution in [2.75, 3.05) is 22.5 Å². The maximum Gasteiger partial charge on any atom is 0.416 e. The van der Waals surface area contributed by atoms with Crippen LogP contribution in [0.3, 0.4) is 0 Å². The zero-order chi connectivity index (χ0) is 28.3. The number of carbonyl (C=O) groups excluding carboxylic acids is 1. The molecule has 2 amide bonds. The van der Waals surface area contributed by atoms with E-state index in [1.165, 1.54) is 0 Å². The first kappa shape index (κ1) is 26.5. The minimum Gasteiger partial charge on any atom is -0.354 e. The second kappa shape index (κ2) is 11.0.